The van der Waals surface area contributed by atoms with Crippen LogP contribution in [0.4, 0.5) is 5.69 Å². The van der Waals surface area contributed by atoms with Crippen LogP contribution < -0.4 is 10.9 Å². The van der Waals surface area contributed by atoms with Crippen LogP contribution in [0.3, 0.4) is 0 Å². The molecule has 0 amide bonds. The number of fused-ring (bicyclic) bond motifs is 1. The number of nitrogens with zero attached hydrogens (tertiary/aromatic N) is 2. The minimum Gasteiger partial charge on any atom is -0.422 e. The summed E-state index contributed by atoms with van der Waals surface area (Å²) in [6.07, 6.45) is 1.66. The van der Waals surface area contributed by atoms with Crippen molar-refractivity contribution in [1.82, 2.24) is 4.98 Å². The summed E-state index contributed by atoms with van der Waals surface area (Å²) in [5, 5.41) is 16.0. The molecule has 0 aliphatic carbocycles. The van der Waals surface area contributed by atoms with Crippen molar-refractivity contribution >= 4 is 33.6 Å². The maximum Gasteiger partial charge on any atom is 0.345 e. The molecule has 0 radical (unpaired) electrons. The van der Waals surface area contributed by atoms with Gasteiger partial charge in [-0.2, -0.15) is 5.26 Å². The van der Waals surface area contributed by atoms with Gasteiger partial charge in [-0.05, 0) is 44.0 Å². The predicted molar refractivity (Wildman–Crippen MR) is 121 cm³/mol. The van der Waals surface area contributed by atoms with E-state index in [1.807, 2.05) is 32.0 Å². The average Bonchev–Trinajstić information content (AvgIpc) is 3.19. The SMILES string of the molecule is Cc1cc(C)c(NC=C(C#N)c2nc(-c3cc4ccccc4oc3=O)cs2)c(C)c1. The van der Waals surface area contributed by atoms with Crippen LogP contribution in [-0.4, -0.2) is 4.98 Å². The first-order valence-electron chi connectivity index (χ1n) is 9.40. The third kappa shape index (κ3) is 3.76. The summed E-state index contributed by atoms with van der Waals surface area (Å²) < 4.78 is 5.40. The molecule has 0 bridgehead atoms. The molecule has 0 aliphatic heterocycles. The summed E-state index contributed by atoms with van der Waals surface area (Å²) in [5.74, 6) is 0. The molecule has 0 unspecified atom stereocenters. The van der Waals surface area contributed by atoms with Gasteiger partial charge < -0.3 is 9.73 Å². The van der Waals surface area contributed by atoms with Crippen molar-refractivity contribution in [3.63, 3.8) is 0 Å². The summed E-state index contributed by atoms with van der Waals surface area (Å²) in [5.41, 5.74) is 5.74. The molecule has 0 aliphatic rings. The second kappa shape index (κ2) is 7.97. The van der Waals surface area contributed by atoms with Crippen LogP contribution in [-0.2, 0) is 0 Å². The molecule has 6 heteroatoms. The number of allylic oxidation sites excluding steroid dienone is 1. The molecule has 5 nitrogen and oxygen atoms in total. The van der Waals surface area contributed by atoms with Crippen molar-refractivity contribution in [2.24, 2.45) is 0 Å². The minimum absolute atomic E-state index is 0.381. The third-order valence-corrected chi connectivity index (χ3v) is 5.69. The molecule has 1 N–H and O–H groups in total. The Labute approximate surface area is 177 Å². The average molecular weight is 414 g/mol. The third-order valence-electron chi connectivity index (χ3n) is 4.81. The molecule has 0 saturated heterocycles. The minimum atomic E-state index is -0.447. The molecule has 0 fully saturated rings. The molecule has 148 valence electrons. The Balaban J connectivity index is 1.68. The number of aromatic nitrogens is 1. The van der Waals surface area contributed by atoms with E-state index in [-0.39, 0.29) is 0 Å². The molecule has 30 heavy (non-hydrogen) atoms. The van der Waals surface area contributed by atoms with E-state index in [2.05, 4.69) is 35.4 Å². The Hall–Kier alpha value is -3.69. The molecule has 0 spiro atoms. The monoisotopic (exact) mass is 413 g/mol. The van der Waals surface area contributed by atoms with Gasteiger partial charge in [0.25, 0.3) is 0 Å². The largest absolute Gasteiger partial charge is 0.422 e. The fraction of sp³-hybridized carbons (Fsp3) is 0.125. The van der Waals surface area contributed by atoms with Crippen molar-refractivity contribution in [1.29, 1.82) is 5.26 Å². The second-order valence-electron chi connectivity index (χ2n) is 7.11. The number of nitrogens with one attached hydrogen (secondary N) is 1. The van der Waals surface area contributed by atoms with Crippen molar-refractivity contribution < 1.29 is 4.42 Å². The highest BCUT2D eigenvalue weighted by atomic mass is 32.1. The fourth-order valence-electron chi connectivity index (χ4n) is 3.46. The van der Waals surface area contributed by atoms with Crippen LogP contribution in [0.15, 0.2) is 63.3 Å². The van der Waals surface area contributed by atoms with Crippen molar-refractivity contribution in [2.45, 2.75) is 20.8 Å². The van der Waals surface area contributed by atoms with Crippen molar-refractivity contribution in [2.75, 3.05) is 5.32 Å². The number of nitriles is 1. The van der Waals surface area contributed by atoms with Gasteiger partial charge in [0.2, 0.25) is 0 Å². The number of anilines is 1. The van der Waals surface area contributed by atoms with E-state index in [1.54, 1.807) is 23.7 Å². The Kier molecular flexibility index (Phi) is 5.21. The molecule has 2 aromatic carbocycles. The standard InChI is InChI=1S/C24H19N3O2S/c1-14-8-15(2)22(16(3)9-14)26-12-18(11-25)23-27-20(13-30-23)19-10-17-6-4-5-7-21(17)29-24(19)28/h4-10,12-13,26H,1-3H3. The van der Waals surface area contributed by atoms with Gasteiger partial charge in [-0.3, -0.25) is 0 Å². The molecule has 4 aromatic rings. The predicted octanol–water partition coefficient (Wildman–Crippen LogP) is 5.82. The van der Waals surface area contributed by atoms with Gasteiger partial charge in [-0.15, -0.1) is 11.3 Å². The molecule has 0 atom stereocenters. The molecular weight excluding hydrogens is 394 g/mol. The van der Waals surface area contributed by atoms with Crippen LogP contribution >= 0.6 is 11.3 Å². The number of hydrogen-bond donors (Lipinski definition) is 1. The smallest absolute Gasteiger partial charge is 0.345 e. The van der Waals surface area contributed by atoms with Gasteiger partial charge in [-0.1, -0.05) is 35.9 Å². The normalized spacial score (nSPS) is 11.5. The maximum absolute atomic E-state index is 12.4. The lowest BCUT2D eigenvalue weighted by molar-refractivity contribution is 0.563. The van der Waals surface area contributed by atoms with E-state index < -0.39 is 5.63 Å². The molecular formula is C24H19N3O2S. The zero-order chi connectivity index (χ0) is 21.3. The van der Waals surface area contributed by atoms with Crippen LogP contribution in [0.1, 0.15) is 21.7 Å². The quantitative estimate of drug-likeness (QED) is 0.337. The maximum atomic E-state index is 12.4. The number of thiazole rings is 1. The Bertz CT molecular complexity index is 1370. The number of rotatable bonds is 4. The molecule has 4 rings (SSSR count). The van der Waals surface area contributed by atoms with Crippen LogP contribution in [0.25, 0.3) is 27.8 Å². The lowest BCUT2D eigenvalue weighted by atomic mass is 10.1. The van der Waals surface area contributed by atoms with Gasteiger partial charge >= 0.3 is 5.63 Å². The van der Waals surface area contributed by atoms with Crippen LogP contribution in [0, 0.1) is 32.1 Å². The topological polar surface area (TPSA) is 78.9 Å². The highest BCUT2D eigenvalue weighted by Gasteiger charge is 2.14. The van der Waals surface area contributed by atoms with Gasteiger partial charge in [0.1, 0.15) is 22.2 Å². The first-order valence-corrected chi connectivity index (χ1v) is 10.3. The first-order chi connectivity index (χ1) is 14.5. The van der Waals surface area contributed by atoms with E-state index in [4.69, 9.17) is 4.42 Å². The van der Waals surface area contributed by atoms with Gasteiger partial charge in [0.15, 0.2) is 0 Å². The van der Waals surface area contributed by atoms with Crippen LogP contribution in [0.5, 0.6) is 0 Å². The lowest BCUT2D eigenvalue weighted by Gasteiger charge is -2.11. The van der Waals surface area contributed by atoms with Gasteiger partial charge in [0, 0.05) is 22.7 Å². The van der Waals surface area contributed by atoms with E-state index in [9.17, 15) is 10.1 Å². The van der Waals surface area contributed by atoms with E-state index >= 15 is 0 Å². The van der Waals surface area contributed by atoms with E-state index in [0.29, 0.717) is 27.4 Å². The number of benzene rings is 2. The van der Waals surface area contributed by atoms with E-state index in [0.717, 1.165) is 22.2 Å². The number of aryl methyl sites for hydroxylation is 3. The zero-order valence-electron chi connectivity index (χ0n) is 16.8. The summed E-state index contributed by atoms with van der Waals surface area (Å²) in [6, 6.07) is 15.5. The summed E-state index contributed by atoms with van der Waals surface area (Å²) in [7, 11) is 0. The lowest BCUT2D eigenvalue weighted by Crippen LogP contribution is -2.03. The number of para-hydroxylation sites is 1. The van der Waals surface area contributed by atoms with Crippen LogP contribution in [0.2, 0.25) is 0 Å². The number of hydrogen-bond acceptors (Lipinski definition) is 6. The van der Waals surface area contributed by atoms with Gasteiger partial charge in [0.05, 0.1) is 11.3 Å². The van der Waals surface area contributed by atoms with Crippen molar-refractivity contribution in [3.05, 3.63) is 86.2 Å². The Morgan fingerprint density at radius 1 is 1.17 bits per heavy atom. The molecule has 2 aromatic heterocycles. The Morgan fingerprint density at radius 2 is 1.90 bits per heavy atom. The first kappa shape index (κ1) is 19.6. The van der Waals surface area contributed by atoms with Crippen molar-refractivity contribution in [3.8, 4) is 17.3 Å². The molecule has 0 saturated carbocycles. The summed E-state index contributed by atoms with van der Waals surface area (Å²) in [6.45, 7) is 6.12. The highest BCUT2D eigenvalue weighted by Crippen LogP contribution is 2.27. The molecule has 2 heterocycles. The zero-order valence-corrected chi connectivity index (χ0v) is 17.6. The summed E-state index contributed by atoms with van der Waals surface area (Å²) >= 11 is 1.31. The van der Waals surface area contributed by atoms with Gasteiger partial charge in [-0.25, -0.2) is 9.78 Å². The highest BCUT2D eigenvalue weighted by molar-refractivity contribution is 7.11. The fourth-order valence-corrected chi connectivity index (χ4v) is 4.24. The Morgan fingerprint density at radius 3 is 2.63 bits per heavy atom. The summed E-state index contributed by atoms with van der Waals surface area (Å²) in [4.78, 5) is 16.9. The van der Waals surface area contributed by atoms with E-state index in [1.165, 1.54) is 16.9 Å². The second-order valence-corrected chi connectivity index (χ2v) is 7.97.